The number of rotatable bonds is 7. The lowest BCUT2D eigenvalue weighted by Gasteiger charge is -2.55. The fraction of sp³-hybridized carbons (Fsp3) is 0.727. The lowest BCUT2D eigenvalue weighted by molar-refractivity contribution is -0.167. The number of carbonyl (C=O) groups is 6. The molecule has 0 N–H and O–H groups in total. The third-order valence-corrected chi connectivity index (χ3v) is 16.4. The van der Waals surface area contributed by atoms with Crippen molar-refractivity contribution in [2.45, 2.75) is 136 Å². The molecule has 0 radical (unpaired) electrons. The second-order valence-corrected chi connectivity index (χ2v) is 18.4. The van der Waals surface area contributed by atoms with Crippen LogP contribution < -0.4 is 0 Å². The number of carbonyl (C=O) groups excluding carboxylic acids is 6. The van der Waals surface area contributed by atoms with E-state index in [9.17, 15) is 28.8 Å². The molecule has 0 aromatic heterocycles. The topological polar surface area (TPSA) is 121 Å². The lowest BCUT2D eigenvalue weighted by Crippen LogP contribution is -2.54. The number of Topliss-reactive ketones (excluding diaryl/α,β-unsaturated/α-hetero) is 1. The molecular weight excluding hydrogens is 656 g/mol. The molecular formula is C44H56O8. The van der Waals surface area contributed by atoms with E-state index in [1.807, 2.05) is 19.1 Å². The molecule has 0 aromatic carbocycles. The van der Waals surface area contributed by atoms with Crippen molar-refractivity contribution in [3.63, 3.8) is 0 Å². The maximum atomic E-state index is 13.9. The molecule has 8 unspecified atom stereocenters. The Morgan fingerprint density at radius 1 is 0.808 bits per heavy atom. The Kier molecular flexibility index (Phi) is 9.17. The summed E-state index contributed by atoms with van der Waals surface area (Å²) in [6.07, 6.45) is 19.6. The Morgan fingerprint density at radius 2 is 1.58 bits per heavy atom. The average molecular weight is 713 g/mol. The van der Waals surface area contributed by atoms with Gasteiger partial charge in [-0.15, -0.1) is 0 Å². The van der Waals surface area contributed by atoms with E-state index < -0.39 is 28.7 Å². The molecule has 12 atom stereocenters. The molecule has 0 saturated heterocycles. The standard InChI is InChI=1S/C44H56O8/c1-4-44-21-19-30-29-13-10-27(45)22-25(29)8-11-31(30)34(44)16-17-37(44)51-38(48)6-5-7-39(49)52-41(50)35-15-14-33-32-12-9-26-23-28(46)18-20-42(26,2)40(32)36(47)24-43(33,35)3/h18,20,22-23,29-35,37,40H,4-17,19,21,24H2,1-3H3/t29?,30?,31?,32?,33?,34?,35-,37?,40?,42+,43+,44+/m1/s1. The first kappa shape index (κ1) is 35.8. The van der Waals surface area contributed by atoms with E-state index in [-0.39, 0.29) is 78.3 Å². The van der Waals surface area contributed by atoms with E-state index >= 15 is 0 Å². The van der Waals surface area contributed by atoms with Crippen molar-refractivity contribution in [1.82, 2.24) is 0 Å². The monoisotopic (exact) mass is 712 g/mol. The van der Waals surface area contributed by atoms with Crippen molar-refractivity contribution in [1.29, 1.82) is 0 Å². The van der Waals surface area contributed by atoms with Crippen molar-refractivity contribution in [3.05, 3.63) is 35.5 Å². The summed E-state index contributed by atoms with van der Waals surface area (Å²) in [5.74, 6) is 0.884. The fourth-order valence-electron chi connectivity index (χ4n) is 14.0. The summed E-state index contributed by atoms with van der Waals surface area (Å²) in [5, 5.41) is 0. The first-order chi connectivity index (χ1) is 24.9. The Balaban J connectivity index is 0.830. The Hall–Kier alpha value is -3.16. The third-order valence-electron chi connectivity index (χ3n) is 16.4. The Morgan fingerprint density at radius 3 is 2.38 bits per heavy atom. The normalized spacial score (nSPS) is 43.1. The van der Waals surface area contributed by atoms with Gasteiger partial charge in [0.05, 0.1) is 5.92 Å². The lowest BCUT2D eigenvalue weighted by atomic mass is 9.47. The van der Waals surface area contributed by atoms with Gasteiger partial charge >= 0.3 is 17.9 Å². The summed E-state index contributed by atoms with van der Waals surface area (Å²) in [7, 11) is 0. The van der Waals surface area contributed by atoms with Gasteiger partial charge in [0.25, 0.3) is 0 Å². The van der Waals surface area contributed by atoms with E-state index in [0.29, 0.717) is 36.5 Å². The summed E-state index contributed by atoms with van der Waals surface area (Å²) >= 11 is 0. The molecule has 0 heterocycles. The predicted octanol–water partition coefficient (Wildman–Crippen LogP) is 7.77. The SMILES string of the molecule is CC[C@]12CCC3C4CCC(=O)C=C4CCC3C1CCC2OC(=O)CCCC(=O)OC(=O)[C@H]1CCC2C3CCC4=CC(=O)C=C[C@]4(C)C3C(=O)C[C@@]21C. The highest BCUT2D eigenvalue weighted by atomic mass is 16.6. The number of allylic oxidation sites excluding steroid dienone is 5. The summed E-state index contributed by atoms with van der Waals surface area (Å²) in [6, 6.07) is 0. The minimum atomic E-state index is -0.624. The van der Waals surface area contributed by atoms with Crippen LogP contribution in [0.5, 0.6) is 0 Å². The van der Waals surface area contributed by atoms with Gasteiger partial charge in [0.15, 0.2) is 11.6 Å². The van der Waals surface area contributed by atoms with Crippen LogP contribution in [0.25, 0.3) is 0 Å². The number of ketones is 3. The van der Waals surface area contributed by atoms with Gasteiger partial charge in [-0.25, -0.2) is 0 Å². The molecule has 8 rings (SSSR count). The molecule has 0 spiro atoms. The maximum Gasteiger partial charge on any atom is 0.317 e. The van der Waals surface area contributed by atoms with Gasteiger partial charge in [-0.05, 0) is 143 Å². The van der Waals surface area contributed by atoms with Crippen LogP contribution in [0.4, 0.5) is 0 Å². The van der Waals surface area contributed by atoms with Crippen molar-refractivity contribution in [2.24, 2.45) is 63.6 Å². The number of hydrogen-bond donors (Lipinski definition) is 0. The first-order valence-corrected chi connectivity index (χ1v) is 20.5. The van der Waals surface area contributed by atoms with Gasteiger partial charge in [0, 0.05) is 42.4 Å². The van der Waals surface area contributed by atoms with Crippen molar-refractivity contribution in [3.8, 4) is 0 Å². The second-order valence-electron chi connectivity index (χ2n) is 18.4. The fourth-order valence-corrected chi connectivity index (χ4v) is 14.0. The third kappa shape index (κ3) is 5.66. The van der Waals surface area contributed by atoms with Crippen LogP contribution in [0.2, 0.25) is 0 Å². The molecule has 8 nitrogen and oxygen atoms in total. The molecule has 0 amide bonds. The number of hydrogen-bond acceptors (Lipinski definition) is 8. The zero-order valence-corrected chi connectivity index (χ0v) is 31.3. The first-order valence-electron chi connectivity index (χ1n) is 20.5. The van der Waals surface area contributed by atoms with Gasteiger partial charge in [-0.2, -0.15) is 0 Å². The Labute approximate surface area is 308 Å². The molecule has 8 aliphatic rings. The molecule has 0 aliphatic heterocycles. The summed E-state index contributed by atoms with van der Waals surface area (Å²) in [6.45, 7) is 6.36. The molecule has 0 bridgehead atoms. The van der Waals surface area contributed by atoms with Crippen LogP contribution in [-0.2, 0) is 38.2 Å². The van der Waals surface area contributed by atoms with Crippen LogP contribution in [0.3, 0.4) is 0 Å². The number of fused-ring (bicyclic) bond motifs is 10. The molecule has 280 valence electrons. The van der Waals surface area contributed by atoms with Gasteiger partial charge in [0.2, 0.25) is 0 Å². The zero-order valence-electron chi connectivity index (χ0n) is 31.3. The molecule has 8 heteroatoms. The molecule has 6 fully saturated rings. The van der Waals surface area contributed by atoms with Gasteiger partial charge in [0.1, 0.15) is 11.9 Å². The highest BCUT2D eigenvalue weighted by molar-refractivity contribution is 6.02. The van der Waals surface area contributed by atoms with E-state index in [1.165, 1.54) is 5.57 Å². The molecule has 6 saturated carbocycles. The maximum absolute atomic E-state index is 13.9. The van der Waals surface area contributed by atoms with Crippen molar-refractivity contribution >= 4 is 35.3 Å². The summed E-state index contributed by atoms with van der Waals surface area (Å²) in [4.78, 5) is 77.7. The average Bonchev–Trinajstić information content (AvgIpc) is 3.65. The summed E-state index contributed by atoms with van der Waals surface area (Å²) in [5.41, 5.74) is 1.40. The van der Waals surface area contributed by atoms with Crippen LogP contribution in [0.1, 0.15) is 130 Å². The van der Waals surface area contributed by atoms with E-state index in [4.69, 9.17) is 9.47 Å². The molecule has 52 heavy (non-hydrogen) atoms. The van der Waals surface area contributed by atoms with Crippen molar-refractivity contribution in [2.75, 3.05) is 0 Å². The minimum Gasteiger partial charge on any atom is -0.462 e. The number of esters is 3. The van der Waals surface area contributed by atoms with Gasteiger partial charge in [-0.1, -0.05) is 38.0 Å². The molecule has 0 aromatic rings. The zero-order chi connectivity index (χ0) is 36.6. The van der Waals surface area contributed by atoms with Crippen molar-refractivity contribution < 1.29 is 38.2 Å². The van der Waals surface area contributed by atoms with E-state index in [1.54, 1.807) is 12.2 Å². The van der Waals surface area contributed by atoms with Gasteiger partial charge in [-0.3, -0.25) is 28.8 Å². The summed E-state index contributed by atoms with van der Waals surface area (Å²) < 4.78 is 11.6. The van der Waals surface area contributed by atoms with Crippen LogP contribution in [0, 0.1) is 63.6 Å². The van der Waals surface area contributed by atoms with Crippen LogP contribution in [0.15, 0.2) is 35.5 Å². The van der Waals surface area contributed by atoms with Crippen LogP contribution in [-0.4, -0.2) is 41.4 Å². The Bertz CT molecular complexity index is 1670. The highest BCUT2D eigenvalue weighted by Crippen LogP contribution is 2.66. The quantitative estimate of drug-likeness (QED) is 0.194. The smallest absolute Gasteiger partial charge is 0.317 e. The second kappa shape index (κ2) is 13.3. The minimum absolute atomic E-state index is 0.00409. The van der Waals surface area contributed by atoms with Gasteiger partial charge < -0.3 is 9.47 Å². The predicted molar refractivity (Wildman–Crippen MR) is 192 cm³/mol. The molecule has 8 aliphatic carbocycles. The highest BCUT2D eigenvalue weighted by Gasteiger charge is 2.63. The number of ether oxygens (including phenoxy) is 2. The van der Waals surface area contributed by atoms with E-state index in [2.05, 4.69) is 13.8 Å². The van der Waals surface area contributed by atoms with E-state index in [0.717, 1.165) is 76.2 Å². The van der Waals surface area contributed by atoms with Crippen LogP contribution >= 0.6 is 0 Å². The largest absolute Gasteiger partial charge is 0.462 e.